The number of nitrogens with zero attached hydrogens (tertiary/aromatic N) is 4. The van der Waals surface area contributed by atoms with Crippen molar-refractivity contribution in [3.8, 4) is 16.9 Å². The van der Waals surface area contributed by atoms with Gasteiger partial charge in [0.15, 0.2) is 0 Å². The zero-order valence-corrected chi connectivity index (χ0v) is 17.7. The van der Waals surface area contributed by atoms with Crippen molar-refractivity contribution >= 4 is 29.2 Å². The van der Waals surface area contributed by atoms with Gasteiger partial charge >= 0.3 is 0 Å². The van der Waals surface area contributed by atoms with Crippen molar-refractivity contribution in [1.82, 2.24) is 15.0 Å². The number of anilines is 1. The molecule has 1 atom stereocenters. The van der Waals surface area contributed by atoms with Crippen LogP contribution in [0.3, 0.4) is 0 Å². The van der Waals surface area contributed by atoms with E-state index < -0.39 is 11.9 Å². The highest BCUT2D eigenvalue weighted by Gasteiger charge is 2.19. The normalized spacial score (nSPS) is 15.1. The Morgan fingerprint density at radius 2 is 1.80 bits per heavy atom. The Kier molecular flexibility index (Phi) is 6.32. The molecule has 0 amide bonds. The summed E-state index contributed by atoms with van der Waals surface area (Å²) in [7, 11) is 0. The lowest BCUT2D eigenvalue weighted by molar-refractivity contribution is 0.122. The van der Waals surface area contributed by atoms with Crippen LogP contribution in [0.4, 0.5) is 10.3 Å². The monoisotopic (exact) mass is 448 g/mol. The molecular formula is C21H19Cl2FN4O2. The molecule has 3 heterocycles. The van der Waals surface area contributed by atoms with Crippen LogP contribution in [0.5, 0.6) is 5.75 Å². The van der Waals surface area contributed by atoms with Crippen LogP contribution in [0.25, 0.3) is 11.1 Å². The number of halogens is 3. The minimum absolute atomic E-state index is 0.0498. The van der Waals surface area contributed by atoms with Crippen LogP contribution >= 0.6 is 23.2 Å². The molecule has 0 aliphatic carbocycles. The first-order valence-corrected chi connectivity index (χ1v) is 10.2. The molecule has 1 saturated heterocycles. The summed E-state index contributed by atoms with van der Waals surface area (Å²) in [6.07, 6.45) is 6.21. The largest absolute Gasteiger partial charge is 0.484 e. The maximum Gasteiger partial charge on any atom is 0.225 e. The Labute approximate surface area is 183 Å². The Balaban J connectivity index is 1.52. The zero-order valence-electron chi connectivity index (χ0n) is 16.2. The Morgan fingerprint density at radius 3 is 2.53 bits per heavy atom. The summed E-state index contributed by atoms with van der Waals surface area (Å²) < 4.78 is 25.1. The highest BCUT2D eigenvalue weighted by atomic mass is 35.5. The molecule has 0 N–H and O–H groups in total. The van der Waals surface area contributed by atoms with Crippen molar-refractivity contribution < 1.29 is 13.9 Å². The predicted octanol–water partition coefficient (Wildman–Crippen LogP) is 4.96. The van der Waals surface area contributed by atoms with Crippen molar-refractivity contribution in [2.45, 2.75) is 13.0 Å². The van der Waals surface area contributed by atoms with Gasteiger partial charge in [0, 0.05) is 53.4 Å². The third-order valence-corrected chi connectivity index (χ3v) is 5.49. The molecule has 30 heavy (non-hydrogen) atoms. The SMILES string of the molecule is C[C@@H](Oc1cncc(-c2cnc(N3CCOCC3)nc2)c1)c1c(Cl)ccc(F)c1Cl. The zero-order chi connectivity index (χ0) is 21.1. The van der Waals surface area contributed by atoms with E-state index in [-0.39, 0.29) is 5.02 Å². The molecule has 0 unspecified atom stereocenters. The summed E-state index contributed by atoms with van der Waals surface area (Å²) in [5.74, 6) is 0.621. The van der Waals surface area contributed by atoms with Gasteiger partial charge in [-0.15, -0.1) is 0 Å². The van der Waals surface area contributed by atoms with Gasteiger partial charge in [0.2, 0.25) is 5.95 Å². The lowest BCUT2D eigenvalue weighted by Gasteiger charge is -2.26. The molecule has 0 radical (unpaired) electrons. The van der Waals surface area contributed by atoms with Crippen molar-refractivity contribution in [2.75, 3.05) is 31.2 Å². The number of hydrogen-bond acceptors (Lipinski definition) is 6. The average Bonchev–Trinajstić information content (AvgIpc) is 2.77. The van der Waals surface area contributed by atoms with E-state index in [4.69, 9.17) is 32.7 Å². The van der Waals surface area contributed by atoms with Crippen LogP contribution in [-0.2, 0) is 4.74 Å². The van der Waals surface area contributed by atoms with Gasteiger partial charge in [-0.1, -0.05) is 23.2 Å². The maximum atomic E-state index is 13.8. The maximum absolute atomic E-state index is 13.8. The van der Waals surface area contributed by atoms with E-state index in [1.54, 1.807) is 31.7 Å². The molecule has 0 saturated carbocycles. The van der Waals surface area contributed by atoms with Crippen LogP contribution in [0, 0.1) is 5.82 Å². The second kappa shape index (κ2) is 9.12. The molecule has 6 nitrogen and oxygen atoms in total. The van der Waals surface area contributed by atoms with Crippen LogP contribution in [0.15, 0.2) is 43.0 Å². The quantitative estimate of drug-likeness (QED) is 0.514. The van der Waals surface area contributed by atoms with Crippen molar-refractivity contribution in [3.63, 3.8) is 0 Å². The highest BCUT2D eigenvalue weighted by molar-refractivity contribution is 6.36. The van der Waals surface area contributed by atoms with Crippen molar-refractivity contribution in [1.29, 1.82) is 0 Å². The van der Waals surface area contributed by atoms with E-state index in [1.807, 2.05) is 6.07 Å². The smallest absolute Gasteiger partial charge is 0.225 e. The Hall–Kier alpha value is -2.48. The predicted molar refractivity (Wildman–Crippen MR) is 114 cm³/mol. The van der Waals surface area contributed by atoms with E-state index >= 15 is 0 Å². The van der Waals surface area contributed by atoms with E-state index in [9.17, 15) is 4.39 Å². The third-order valence-electron chi connectivity index (χ3n) is 4.78. The van der Waals surface area contributed by atoms with E-state index in [1.165, 1.54) is 12.1 Å². The lowest BCUT2D eigenvalue weighted by atomic mass is 10.1. The van der Waals surface area contributed by atoms with Gasteiger partial charge in [-0.05, 0) is 25.1 Å². The van der Waals surface area contributed by atoms with Crippen LogP contribution < -0.4 is 9.64 Å². The number of hydrogen-bond donors (Lipinski definition) is 0. The van der Waals surface area contributed by atoms with E-state index in [0.717, 1.165) is 24.2 Å². The fourth-order valence-electron chi connectivity index (χ4n) is 3.22. The molecule has 0 spiro atoms. The van der Waals surface area contributed by atoms with Crippen LogP contribution in [0.2, 0.25) is 10.0 Å². The minimum Gasteiger partial charge on any atom is -0.484 e. The number of morpholine rings is 1. The number of aromatic nitrogens is 3. The fourth-order valence-corrected chi connectivity index (χ4v) is 3.89. The summed E-state index contributed by atoms with van der Waals surface area (Å²) in [4.78, 5) is 15.2. The molecule has 2 aromatic heterocycles. The van der Waals surface area contributed by atoms with E-state index in [0.29, 0.717) is 35.5 Å². The molecule has 9 heteroatoms. The number of rotatable bonds is 5. The second-order valence-electron chi connectivity index (χ2n) is 6.80. The molecular weight excluding hydrogens is 430 g/mol. The first kappa shape index (κ1) is 20.8. The number of ether oxygens (including phenoxy) is 2. The third kappa shape index (κ3) is 4.48. The van der Waals surface area contributed by atoms with Crippen LogP contribution in [-0.4, -0.2) is 41.3 Å². The van der Waals surface area contributed by atoms with Gasteiger partial charge in [0.1, 0.15) is 17.7 Å². The van der Waals surface area contributed by atoms with Gasteiger partial charge in [0.05, 0.1) is 24.4 Å². The molecule has 4 rings (SSSR count). The van der Waals surface area contributed by atoms with E-state index in [2.05, 4.69) is 19.9 Å². The lowest BCUT2D eigenvalue weighted by Crippen LogP contribution is -2.37. The average molecular weight is 449 g/mol. The van der Waals surface area contributed by atoms with Gasteiger partial charge in [-0.25, -0.2) is 14.4 Å². The second-order valence-corrected chi connectivity index (χ2v) is 7.58. The summed E-state index contributed by atoms with van der Waals surface area (Å²) >= 11 is 12.3. The van der Waals surface area contributed by atoms with Gasteiger partial charge in [0.25, 0.3) is 0 Å². The summed E-state index contributed by atoms with van der Waals surface area (Å²) in [6, 6.07) is 4.50. The molecule has 1 fully saturated rings. The fraction of sp³-hybridized carbons (Fsp3) is 0.286. The van der Waals surface area contributed by atoms with Gasteiger partial charge in [-0.2, -0.15) is 0 Å². The highest BCUT2D eigenvalue weighted by Crippen LogP contribution is 2.35. The summed E-state index contributed by atoms with van der Waals surface area (Å²) in [5.41, 5.74) is 1.99. The molecule has 0 bridgehead atoms. The molecule has 156 valence electrons. The first-order valence-electron chi connectivity index (χ1n) is 9.43. The van der Waals surface area contributed by atoms with Crippen molar-refractivity contribution in [2.24, 2.45) is 0 Å². The van der Waals surface area contributed by atoms with Crippen molar-refractivity contribution in [3.05, 3.63) is 64.4 Å². The summed E-state index contributed by atoms with van der Waals surface area (Å²) in [6.45, 7) is 4.64. The number of benzene rings is 1. The molecule has 1 aromatic carbocycles. The van der Waals surface area contributed by atoms with Gasteiger partial charge < -0.3 is 14.4 Å². The Morgan fingerprint density at radius 1 is 1.07 bits per heavy atom. The Bertz CT molecular complexity index is 1030. The van der Waals surface area contributed by atoms with Crippen LogP contribution in [0.1, 0.15) is 18.6 Å². The first-order chi connectivity index (χ1) is 14.5. The topological polar surface area (TPSA) is 60.4 Å². The van der Waals surface area contributed by atoms with Gasteiger partial charge in [-0.3, -0.25) is 4.98 Å². The summed E-state index contributed by atoms with van der Waals surface area (Å²) in [5, 5.41) is 0.288. The standard InChI is InChI=1S/C21H19Cl2FN4O2/c1-13(19-17(22)2-3-18(24)20(19)23)30-16-8-14(9-25-12-16)15-10-26-21(27-11-15)28-4-6-29-7-5-28/h2-3,8-13H,4-7H2,1H3/t13-/m1/s1. The number of pyridine rings is 1. The molecule has 1 aliphatic rings. The molecule has 1 aliphatic heterocycles. The minimum atomic E-state index is -0.572. The molecule has 3 aromatic rings.